The highest BCUT2D eigenvalue weighted by Crippen LogP contribution is 2.64. The lowest BCUT2D eigenvalue weighted by Gasteiger charge is -2.43. The van der Waals surface area contributed by atoms with Crippen LogP contribution in [0.5, 0.6) is 0 Å². The molecule has 0 aromatic rings. The van der Waals surface area contributed by atoms with Crippen LogP contribution in [0.1, 0.15) is 12.8 Å². The van der Waals surface area contributed by atoms with Gasteiger partial charge in [0, 0.05) is 13.0 Å². The third kappa shape index (κ3) is 5.52. The standard InChI is InChI=1S/C17H17F17O6/c18-10(19,2-1-3-39-8-6(36)5(4-35)40-9(38)7(8)37)11(20,21)12(22,23)13(24,25)14(26,27)15(28,29)16(30,31)17(32,33)34/h5-9,35-38H,1-4H2. The highest BCUT2D eigenvalue weighted by Gasteiger charge is 2.95. The van der Waals surface area contributed by atoms with Crippen molar-refractivity contribution in [3.05, 3.63) is 0 Å². The zero-order chi connectivity index (χ0) is 32.1. The molecule has 0 aromatic heterocycles. The fourth-order valence-corrected chi connectivity index (χ4v) is 3.13. The number of rotatable bonds is 12. The van der Waals surface area contributed by atoms with E-state index in [1.807, 2.05) is 0 Å². The van der Waals surface area contributed by atoms with Crippen LogP contribution in [-0.2, 0) is 9.47 Å². The first-order valence-electron chi connectivity index (χ1n) is 10.1. The summed E-state index contributed by atoms with van der Waals surface area (Å²) in [7, 11) is 0. The summed E-state index contributed by atoms with van der Waals surface area (Å²) in [6.07, 6.45) is -22.5. The van der Waals surface area contributed by atoms with Gasteiger partial charge >= 0.3 is 47.6 Å². The van der Waals surface area contributed by atoms with Crippen LogP contribution in [0.3, 0.4) is 0 Å². The highest BCUT2D eigenvalue weighted by molar-refractivity contribution is 5.15. The van der Waals surface area contributed by atoms with E-state index >= 15 is 0 Å². The largest absolute Gasteiger partial charge is 0.460 e. The van der Waals surface area contributed by atoms with Crippen molar-refractivity contribution in [2.45, 2.75) is 91.2 Å². The minimum absolute atomic E-state index is 1.06. The van der Waals surface area contributed by atoms with Gasteiger partial charge < -0.3 is 29.9 Å². The maximum absolute atomic E-state index is 13.9. The van der Waals surface area contributed by atoms with Gasteiger partial charge in [0.2, 0.25) is 0 Å². The first kappa shape index (κ1) is 36.6. The average molecular weight is 640 g/mol. The van der Waals surface area contributed by atoms with E-state index in [-0.39, 0.29) is 0 Å². The lowest BCUT2D eigenvalue weighted by Crippen LogP contribution is -2.74. The lowest BCUT2D eigenvalue weighted by atomic mass is 9.88. The third-order valence-electron chi connectivity index (χ3n) is 5.57. The molecule has 0 amide bonds. The molecule has 240 valence electrons. The van der Waals surface area contributed by atoms with E-state index in [1.165, 1.54) is 0 Å². The minimum Gasteiger partial charge on any atom is -0.394 e. The highest BCUT2D eigenvalue weighted by atomic mass is 19.4. The summed E-state index contributed by atoms with van der Waals surface area (Å²) in [4.78, 5) is 0. The van der Waals surface area contributed by atoms with Crippen molar-refractivity contribution >= 4 is 0 Å². The van der Waals surface area contributed by atoms with Crippen LogP contribution in [0, 0.1) is 0 Å². The molecule has 5 atom stereocenters. The van der Waals surface area contributed by atoms with Crippen molar-refractivity contribution in [2.24, 2.45) is 0 Å². The van der Waals surface area contributed by atoms with Crippen molar-refractivity contribution in [1.29, 1.82) is 0 Å². The number of hydrogen-bond donors (Lipinski definition) is 4. The van der Waals surface area contributed by atoms with E-state index < -0.39 is 104 Å². The first-order valence-corrected chi connectivity index (χ1v) is 10.1. The monoisotopic (exact) mass is 640 g/mol. The smallest absolute Gasteiger partial charge is 0.394 e. The van der Waals surface area contributed by atoms with Gasteiger partial charge in [-0.15, -0.1) is 0 Å². The van der Waals surface area contributed by atoms with E-state index in [9.17, 15) is 90.0 Å². The number of aliphatic hydroxyl groups is 4. The zero-order valence-electron chi connectivity index (χ0n) is 18.7. The minimum atomic E-state index is -8.72. The van der Waals surface area contributed by atoms with Crippen molar-refractivity contribution in [3.63, 3.8) is 0 Å². The summed E-state index contributed by atoms with van der Waals surface area (Å²) in [6, 6.07) is 0. The molecule has 1 saturated heterocycles. The zero-order valence-corrected chi connectivity index (χ0v) is 18.7. The molecule has 0 aromatic carbocycles. The van der Waals surface area contributed by atoms with Gasteiger partial charge in [0.25, 0.3) is 0 Å². The van der Waals surface area contributed by atoms with E-state index in [4.69, 9.17) is 5.11 Å². The second-order valence-corrected chi connectivity index (χ2v) is 8.32. The number of alkyl halides is 17. The summed E-state index contributed by atoms with van der Waals surface area (Å²) in [5, 5.41) is 37.7. The Kier molecular flexibility index (Phi) is 10.1. The quantitative estimate of drug-likeness (QED) is 0.193. The number of aliphatic hydroxyl groups excluding tert-OH is 4. The van der Waals surface area contributed by atoms with E-state index in [2.05, 4.69) is 9.47 Å². The van der Waals surface area contributed by atoms with Crippen molar-refractivity contribution in [3.8, 4) is 0 Å². The molecule has 1 aliphatic heterocycles. The number of ether oxygens (including phenoxy) is 2. The Hall–Kier alpha value is -1.43. The van der Waals surface area contributed by atoms with Gasteiger partial charge in [0.05, 0.1) is 6.61 Å². The second kappa shape index (κ2) is 11.0. The molecule has 5 unspecified atom stereocenters. The van der Waals surface area contributed by atoms with Gasteiger partial charge in [-0.25, -0.2) is 0 Å². The van der Waals surface area contributed by atoms with Crippen molar-refractivity contribution in [2.75, 3.05) is 13.2 Å². The van der Waals surface area contributed by atoms with Crippen LogP contribution < -0.4 is 0 Å². The van der Waals surface area contributed by atoms with Gasteiger partial charge in [-0.3, -0.25) is 0 Å². The molecule has 1 rings (SSSR count). The summed E-state index contributed by atoms with van der Waals surface area (Å²) in [5.74, 6) is -57.1. The molecule has 4 N–H and O–H groups in total. The van der Waals surface area contributed by atoms with Crippen LogP contribution >= 0.6 is 0 Å². The third-order valence-corrected chi connectivity index (χ3v) is 5.57. The summed E-state index contributed by atoms with van der Waals surface area (Å²) >= 11 is 0. The van der Waals surface area contributed by atoms with Crippen LogP contribution in [0.4, 0.5) is 74.6 Å². The molecule has 23 heteroatoms. The maximum atomic E-state index is 13.9. The van der Waals surface area contributed by atoms with Crippen LogP contribution in [0.15, 0.2) is 0 Å². The Labute approximate surface area is 210 Å². The van der Waals surface area contributed by atoms with Crippen LogP contribution in [-0.4, -0.2) is 112 Å². The lowest BCUT2D eigenvalue weighted by molar-refractivity contribution is -0.461. The Morgan fingerprint density at radius 1 is 0.575 bits per heavy atom. The van der Waals surface area contributed by atoms with Crippen molar-refractivity contribution < 1.29 is 105 Å². The van der Waals surface area contributed by atoms with Gasteiger partial charge in [-0.2, -0.15) is 74.6 Å². The average Bonchev–Trinajstić information content (AvgIpc) is 2.79. The fraction of sp³-hybridized carbons (Fsp3) is 1.00. The maximum Gasteiger partial charge on any atom is 0.460 e. The Bertz CT molecular complexity index is 864. The fourth-order valence-electron chi connectivity index (χ4n) is 3.13. The van der Waals surface area contributed by atoms with Gasteiger partial charge in [0.15, 0.2) is 6.29 Å². The number of hydrogen-bond acceptors (Lipinski definition) is 6. The Morgan fingerprint density at radius 3 is 1.38 bits per heavy atom. The van der Waals surface area contributed by atoms with Gasteiger partial charge in [0.1, 0.15) is 24.4 Å². The molecule has 0 radical (unpaired) electrons. The summed E-state index contributed by atoms with van der Waals surface area (Å²) < 4.78 is 234. The predicted molar refractivity (Wildman–Crippen MR) is 89.6 cm³/mol. The Morgan fingerprint density at radius 2 is 0.975 bits per heavy atom. The van der Waals surface area contributed by atoms with Gasteiger partial charge in [-0.1, -0.05) is 0 Å². The van der Waals surface area contributed by atoms with E-state index in [0.29, 0.717) is 0 Å². The first-order chi connectivity index (χ1) is 17.5. The Balaban J connectivity index is 3.19. The van der Waals surface area contributed by atoms with Crippen LogP contribution in [0.2, 0.25) is 0 Å². The SMILES string of the molecule is OCC1OC(O)C(O)C(OCCCC(F)(F)C(F)(F)C(F)(F)C(F)(F)C(F)(F)C(F)(F)C(F)(F)C(F)(F)F)C1O. The normalized spacial score (nSPS) is 26.8. The molecule has 1 fully saturated rings. The van der Waals surface area contributed by atoms with Crippen molar-refractivity contribution in [1.82, 2.24) is 0 Å². The molecule has 1 aliphatic rings. The molecule has 0 aliphatic carbocycles. The molecule has 0 bridgehead atoms. The number of halogens is 17. The van der Waals surface area contributed by atoms with E-state index in [1.54, 1.807) is 0 Å². The second-order valence-electron chi connectivity index (χ2n) is 8.32. The molecular formula is C17H17F17O6. The summed E-state index contributed by atoms with van der Waals surface area (Å²) in [6.45, 7) is -2.47. The molecule has 0 saturated carbocycles. The predicted octanol–water partition coefficient (Wildman–Crippen LogP) is 3.59. The molecule has 40 heavy (non-hydrogen) atoms. The summed E-state index contributed by atoms with van der Waals surface area (Å²) in [5.41, 5.74) is 0. The topological polar surface area (TPSA) is 99.4 Å². The molecular weight excluding hydrogens is 623 g/mol. The molecule has 0 spiro atoms. The van der Waals surface area contributed by atoms with E-state index in [0.717, 1.165) is 0 Å². The molecule has 6 nitrogen and oxygen atoms in total. The van der Waals surface area contributed by atoms with Gasteiger partial charge in [-0.05, 0) is 6.42 Å². The molecule has 1 heterocycles. The van der Waals surface area contributed by atoms with Crippen LogP contribution in [0.25, 0.3) is 0 Å².